The van der Waals surface area contributed by atoms with Crippen LogP contribution in [0.5, 0.6) is 0 Å². The van der Waals surface area contributed by atoms with Gasteiger partial charge in [0.15, 0.2) is 5.78 Å². The van der Waals surface area contributed by atoms with Crippen molar-refractivity contribution in [3.63, 3.8) is 0 Å². The summed E-state index contributed by atoms with van der Waals surface area (Å²) < 4.78 is 5.31. The largest absolute Gasteiger partial charge is 0.699 e. The second-order valence-corrected chi connectivity index (χ2v) is 8.18. The molecule has 1 saturated heterocycles. The van der Waals surface area contributed by atoms with E-state index in [-0.39, 0.29) is 44.4 Å². The van der Waals surface area contributed by atoms with Crippen molar-refractivity contribution >= 4 is 35.5 Å². The first-order valence-electron chi connectivity index (χ1n) is 12.2. The number of carbonyl (C=O) groups is 3. The number of Topliss-reactive ketones (excluding diaryl/α,β-unsaturated/α-hetero) is 1. The van der Waals surface area contributed by atoms with Crippen molar-refractivity contribution in [3.05, 3.63) is 65.1 Å². The van der Waals surface area contributed by atoms with Gasteiger partial charge in [0.2, 0.25) is 0 Å². The van der Waals surface area contributed by atoms with Crippen LogP contribution in [0.4, 0.5) is 17.1 Å². The molecule has 4 N–H and O–H groups in total. The molecule has 3 rings (SSSR count). The molecule has 2 aromatic rings. The number of piperidine rings is 1. The van der Waals surface area contributed by atoms with E-state index in [1.807, 2.05) is 13.7 Å². The van der Waals surface area contributed by atoms with Crippen LogP contribution in [0.1, 0.15) is 53.8 Å². The van der Waals surface area contributed by atoms with E-state index in [0.29, 0.717) is 48.8 Å². The van der Waals surface area contributed by atoms with Crippen LogP contribution in [0, 0.1) is 0 Å². The van der Waals surface area contributed by atoms with Gasteiger partial charge in [-0.3, -0.25) is 9.59 Å². The number of benzene rings is 2. The minimum absolute atomic E-state index is 0. The minimum Gasteiger partial charge on any atom is -0.699 e. The monoisotopic (exact) mass is 586 g/mol. The Morgan fingerprint density at radius 2 is 1.68 bits per heavy atom. The van der Waals surface area contributed by atoms with E-state index < -0.39 is 0 Å². The molecule has 9 nitrogen and oxygen atoms in total. The summed E-state index contributed by atoms with van der Waals surface area (Å²) in [6.45, 7) is 11.1. The van der Waals surface area contributed by atoms with E-state index in [9.17, 15) is 9.59 Å². The number of rotatable bonds is 10. The Morgan fingerprint density at radius 3 is 2.27 bits per heavy atom. The predicted octanol–water partition coefficient (Wildman–Crippen LogP) is 5.42. The van der Waals surface area contributed by atoms with Crippen molar-refractivity contribution in [2.24, 2.45) is 0 Å². The van der Waals surface area contributed by atoms with Crippen molar-refractivity contribution in [3.8, 4) is 0 Å². The number of hydrogen-bond donors (Lipinski definition) is 2. The number of likely N-dealkylation sites (tertiary alicyclic amines) is 1. The van der Waals surface area contributed by atoms with E-state index in [1.54, 1.807) is 42.5 Å². The molecule has 1 aliphatic rings. The summed E-state index contributed by atoms with van der Waals surface area (Å²) in [5.74, 6) is -0.117. The maximum Gasteiger partial charge on any atom is 0.253 e. The molecule has 0 aromatic heterocycles. The molecule has 0 bridgehead atoms. The molecule has 0 atom stereocenters. The second-order valence-electron chi connectivity index (χ2n) is 8.18. The maximum atomic E-state index is 12.5. The van der Waals surface area contributed by atoms with Crippen LogP contribution in [-0.2, 0) is 42.2 Å². The summed E-state index contributed by atoms with van der Waals surface area (Å²) in [7, 11) is 0. The third kappa shape index (κ3) is 14.3. The van der Waals surface area contributed by atoms with Crippen LogP contribution in [0.25, 0.3) is 11.5 Å². The fourth-order valence-electron chi connectivity index (χ4n) is 3.63. The second kappa shape index (κ2) is 20.7. The first-order chi connectivity index (χ1) is 17.4. The summed E-state index contributed by atoms with van der Waals surface area (Å²) in [5.41, 5.74) is 17.5. The summed E-state index contributed by atoms with van der Waals surface area (Å²) in [5, 5.41) is 6.20. The van der Waals surface area contributed by atoms with Gasteiger partial charge in [-0.15, -0.1) is 11.4 Å². The molecule has 0 spiro atoms. The number of anilines is 1. The predicted molar refractivity (Wildman–Crippen MR) is 146 cm³/mol. The van der Waals surface area contributed by atoms with E-state index in [1.165, 1.54) is 26.2 Å². The molecule has 2 aromatic carbocycles. The third-order valence-electron chi connectivity index (χ3n) is 5.46. The summed E-state index contributed by atoms with van der Waals surface area (Å²) >= 11 is 0. The van der Waals surface area contributed by atoms with Crippen molar-refractivity contribution in [2.75, 3.05) is 51.3 Å². The Labute approximate surface area is 245 Å². The summed E-state index contributed by atoms with van der Waals surface area (Å²) in [6, 6.07) is 11.7. The molecule has 0 unspecified atom stereocenters. The van der Waals surface area contributed by atoms with E-state index in [0.717, 1.165) is 25.3 Å². The van der Waals surface area contributed by atoms with Gasteiger partial charge < -0.3 is 36.5 Å². The zero-order valence-corrected chi connectivity index (χ0v) is 24.8. The van der Waals surface area contributed by atoms with Gasteiger partial charge >= 0.3 is 0 Å². The van der Waals surface area contributed by atoms with Crippen molar-refractivity contribution in [2.45, 2.75) is 33.1 Å². The van der Waals surface area contributed by atoms with Crippen LogP contribution in [0.3, 0.4) is 0 Å². The number of ether oxygens (including phenoxy) is 1. The van der Waals surface area contributed by atoms with Gasteiger partial charge in [0.1, 0.15) is 6.79 Å². The zero-order valence-electron chi connectivity index (χ0n) is 22.0. The van der Waals surface area contributed by atoms with Crippen molar-refractivity contribution in [1.29, 1.82) is 0 Å². The molecular formula is C27H39N5O4Y-2. The smallest absolute Gasteiger partial charge is 0.253 e. The average Bonchev–Trinajstić information content (AvgIpc) is 2.89. The molecule has 1 amide bonds. The van der Waals surface area contributed by atoms with Crippen LogP contribution >= 0.6 is 0 Å². The number of ketones is 1. The maximum absolute atomic E-state index is 12.5. The molecule has 10 heteroatoms. The van der Waals surface area contributed by atoms with Gasteiger partial charge in [-0.2, -0.15) is 0 Å². The fourth-order valence-corrected chi connectivity index (χ4v) is 3.63. The van der Waals surface area contributed by atoms with Gasteiger partial charge in [0, 0.05) is 70.2 Å². The van der Waals surface area contributed by atoms with E-state index in [2.05, 4.69) is 15.5 Å². The Hall–Kier alpha value is -2.33. The van der Waals surface area contributed by atoms with Crippen LogP contribution in [0.2, 0.25) is 0 Å². The van der Waals surface area contributed by atoms with Gasteiger partial charge in [0.05, 0.1) is 12.2 Å². The van der Waals surface area contributed by atoms with Crippen LogP contribution < -0.4 is 10.6 Å². The van der Waals surface area contributed by atoms with Crippen molar-refractivity contribution < 1.29 is 51.8 Å². The third-order valence-corrected chi connectivity index (χ3v) is 5.46. The number of hydrogen-bond acceptors (Lipinski definition) is 6. The summed E-state index contributed by atoms with van der Waals surface area (Å²) in [4.78, 5) is 33.6. The van der Waals surface area contributed by atoms with Gasteiger partial charge in [0.25, 0.3) is 5.91 Å². The molecule has 1 fully saturated rings. The van der Waals surface area contributed by atoms with Crippen LogP contribution in [-0.4, -0.2) is 69.3 Å². The minimum atomic E-state index is -0.125. The van der Waals surface area contributed by atoms with Gasteiger partial charge in [-0.25, -0.2) is 0 Å². The number of amides is 1. The molecule has 37 heavy (non-hydrogen) atoms. The molecule has 1 heterocycles. The Bertz CT molecular complexity index is 939. The van der Waals surface area contributed by atoms with Crippen LogP contribution in [0.15, 0.2) is 42.5 Å². The Morgan fingerprint density at radius 1 is 1.00 bits per heavy atom. The van der Waals surface area contributed by atoms with Gasteiger partial charge in [-0.1, -0.05) is 42.8 Å². The number of nitrogens with one attached hydrogen (secondary N) is 4. The molecule has 1 radical (unpaired) electrons. The van der Waals surface area contributed by atoms with Crippen molar-refractivity contribution in [1.82, 2.24) is 10.2 Å². The first kappa shape index (κ1) is 34.7. The van der Waals surface area contributed by atoms with E-state index in [4.69, 9.17) is 21.0 Å². The zero-order chi connectivity index (χ0) is 26.8. The fraction of sp³-hybridized carbons (Fsp3) is 0.444. The molecule has 201 valence electrons. The van der Waals surface area contributed by atoms with E-state index >= 15 is 0 Å². The summed E-state index contributed by atoms with van der Waals surface area (Å²) in [6.07, 6.45) is 3.82. The standard InChI is InChI=1S/C18H29N4O2.C8H8NO.CH2O.Y/c1-2-24-13-9-20-17-7-6-15(19)14-16(17)18(23)21-8-12-22-10-4-3-5-11-22;1-6(10)7-3-2-4-8(9)5-7;1-2;/h6-7,14,19H,2-5,8-13H2,1H3,(H2,20,21,23);2-5,9H,1H3;1H2;/q2*-1;;. The number of nitrogens with zero attached hydrogens (tertiary/aromatic N) is 1. The molecule has 1 aliphatic heterocycles. The molecule has 0 aliphatic carbocycles. The Balaban J connectivity index is 0.000000836. The molecule has 0 saturated carbocycles. The SMILES string of the molecule is C=O.CC(=O)c1cccc([NH-])c1.CCOCCNc1ccc([NH-])cc1C(=O)NCCN1CCCCC1.[Y]. The quantitative estimate of drug-likeness (QED) is 0.282. The topological polar surface area (TPSA) is 135 Å². The number of carbonyl (C=O) groups excluding carboxylic acids is 3. The Kier molecular flexibility index (Phi) is 19.4. The average molecular weight is 587 g/mol. The molecular weight excluding hydrogens is 547 g/mol. The first-order valence-corrected chi connectivity index (χ1v) is 12.2. The van der Waals surface area contributed by atoms with Gasteiger partial charge in [-0.05, 0) is 45.8 Å². The normalized spacial score (nSPS) is 12.5.